The summed E-state index contributed by atoms with van der Waals surface area (Å²) >= 11 is 0. The van der Waals surface area contributed by atoms with Crippen molar-refractivity contribution in [3.8, 4) is 0 Å². The molecule has 1 N–H and O–H groups in total. The lowest BCUT2D eigenvalue weighted by atomic mass is 10.0. The minimum absolute atomic E-state index is 0.0258. The zero-order chi connectivity index (χ0) is 22.7. The van der Waals surface area contributed by atoms with Crippen molar-refractivity contribution in [3.05, 3.63) is 65.0 Å². The highest BCUT2D eigenvalue weighted by molar-refractivity contribution is 6.43. The molecule has 2 aromatic rings. The van der Waals surface area contributed by atoms with Crippen molar-refractivity contribution in [2.45, 2.75) is 39.2 Å². The van der Waals surface area contributed by atoms with Gasteiger partial charge in [-0.3, -0.25) is 14.4 Å². The minimum Gasteiger partial charge on any atom is -0.339 e. The molecule has 0 aromatic heterocycles. The zero-order valence-electron chi connectivity index (χ0n) is 17.9. The predicted molar refractivity (Wildman–Crippen MR) is 119 cm³/mol. The number of hydrogen-bond donors (Lipinski definition) is 1. The standard InChI is InChI=1S/C24H25FN4O3/c1-16-19(24(32)28-13-2-3-14-28)5-4-6-20(16)26-23(31)21-11-12-22(30)29(27-21)15-17-7-9-18(25)10-8-17/h4-10H,2-3,11-15H2,1H3,(H,26,31). The molecule has 0 saturated carbocycles. The molecule has 1 saturated heterocycles. The molecular formula is C24H25FN4O3. The van der Waals surface area contributed by atoms with E-state index in [0.717, 1.165) is 25.9 Å². The Balaban J connectivity index is 1.49. The molecular weight excluding hydrogens is 411 g/mol. The molecule has 166 valence electrons. The summed E-state index contributed by atoms with van der Waals surface area (Å²) in [5.41, 5.74) is 2.78. The van der Waals surface area contributed by atoms with E-state index < -0.39 is 5.91 Å². The molecule has 0 spiro atoms. The highest BCUT2D eigenvalue weighted by Gasteiger charge is 2.26. The largest absolute Gasteiger partial charge is 0.339 e. The predicted octanol–water partition coefficient (Wildman–Crippen LogP) is 3.49. The number of hydrogen-bond acceptors (Lipinski definition) is 4. The Morgan fingerprint density at radius 3 is 2.50 bits per heavy atom. The Morgan fingerprint density at radius 1 is 1.06 bits per heavy atom. The lowest BCUT2D eigenvalue weighted by Crippen LogP contribution is -2.36. The van der Waals surface area contributed by atoms with Gasteiger partial charge in [0.2, 0.25) is 5.91 Å². The zero-order valence-corrected chi connectivity index (χ0v) is 17.9. The maximum Gasteiger partial charge on any atom is 0.271 e. The number of halogens is 1. The van der Waals surface area contributed by atoms with Crippen LogP contribution in [0.15, 0.2) is 47.6 Å². The molecule has 0 radical (unpaired) electrons. The second kappa shape index (κ2) is 9.30. The van der Waals surface area contributed by atoms with Gasteiger partial charge in [0.1, 0.15) is 11.5 Å². The quantitative estimate of drug-likeness (QED) is 0.779. The Hall–Kier alpha value is -3.55. The van der Waals surface area contributed by atoms with Crippen LogP contribution < -0.4 is 5.32 Å². The third-order valence-electron chi connectivity index (χ3n) is 5.82. The van der Waals surface area contributed by atoms with Crippen molar-refractivity contribution in [2.24, 2.45) is 5.10 Å². The second-order valence-corrected chi connectivity index (χ2v) is 8.06. The first-order valence-electron chi connectivity index (χ1n) is 10.7. The summed E-state index contributed by atoms with van der Waals surface area (Å²) in [5, 5.41) is 8.33. The van der Waals surface area contributed by atoms with E-state index in [1.165, 1.54) is 17.1 Å². The average Bonchev–Trinajstić information content (AvgIpc) is 3.33. The summed E-state index contributed by atoms with van der Waals surface area (Å²) < 4.78 is 13.1. The smallest absolute Gasteiger partial charge is 0.271 e. The van der Waals surface area contributed by atoms with Gasteiger partial charge in [-0.25, -0.2) is 9.40 Å². The number of amides is 3. The van der Waals surface area contributed by atoms with Gasteiger partial charge in [-0.15, -0.1) is 0 Å². The molecule has 4 rings (SSSR count). The van der Waals surface area contributed by atoms with Crippen LogP contribution in [0, 0.1) is 12.7 Å². The lowest BCUT2D eigenvalue weighted by Gasteiger charge is -2.23. The third kappa shape index (κ3) is 4.69. The van der Waals surface area contributed by atoms with Crippen molar-refractivity contribution < 1.29 is 18.8 Å². The van der Waals surface area contributed by atoms with E-state index in [9.17, 15) is 18.8 Å². The molecule has 0 aliphatic carbocycles. The fourth-order valence-corrected chi connectivity index (χ4v) is 3.94. The van der Waals surface area contributed by atoms with E-state index in [0.29, 0.717) is 22.4 Å². The minimum atomic E-state index is -0.407. The van der Waals surface area contributed by atoms with Crippen molar-refractivity contribution >= 4 is 29.1 Å². The van der Waals surface area contributed by atoms with E-state index >= 15 is 0 Å². The Labute approximate surface area is 185 Å². The van der Waals surface area contributed by atoms with Crippen molar-refractivity contribution in [1.82, 2.24) is 9.91 Å². The maximum atomic E-state index is 13.1. The SMILES string of the molecule is Cc1c(NC(=O)C2=NN(Cc3ccc(F)cc3)C(=O)CC2)cccc1C(=O)N1CCCC1. The molecule has 0 atom stereocenters. The fraction of sp³-hybridized carbons (Fsp3) is 0.333. The summed E-state index contributed by atoms with van der Waals surface area (Å²) in [6.45, 7) is 3.48. The summed E-state index contributed by atoms with van der Waals surface area (Å²) in [7, 11) is 0. The van der Waals surface area contributed by atoms with Gasteiger partial charge in [-0.1, -0.05) is 18.2 Å². The lowest BCUT2D eigenvalue weighted by molar-refractivity contribution is -0.132. The van der Waals surface area contributed by atoms with Gasteiger partial charge >= 0.3 is 0 Å². The van der Waals surface area contributed by atoms with Gasteiger partial charge in [0.05, 0.1) is 6.54 Å². The summed E-state index contributed by atoms with van der Waals surface area (Å²) in [4.78, 5) is 39.8. The van der Waals surface area contributed by atoms with Crippen molar-refractivity contribution in [3.63, 3.8) is 0 Å². The monoisotopic (exact) mass is 436 g/mol. The van der Waals surface area contributed by atoms with E-state index in [4.69, 9.17) is 0 Å². The van der Waals surface area contributed by atoms with Crippen LogP contribution in [0.1, 0.15) is 47.2 Å². The number of carbonyl (C=O) groups is 3. The van der Waals surface area contributed by atoms with Gasteiger partial charge in [0, 0.05) is 37.2 Å². The van der Waals surface area contributed by atoms with E-state index in [2.05, 4.69) is 10.4 Å². The van der Waals surface area contributed by atoms with Gasteiger partial charge in [0.25, 0.3) is 11.8 Å². The summed E-state index contributed by atoms with van der Waals surface area (Å²) in [5.74, 6) is -0.985. The number of benzene rings is 2. The van der Waals surface area contributed by atoms with Crippen LogP contribution in [0.4, 0.5) is 10.1 Å². The van der Waals surface area contributed by atoms with E-state index in [1.54, 1.807) is 30.3 Å². The van der Waals surface area contributed by atoms with Gasteiger partial charge < -0.3 is 10.2 Å². The van der Waals surface area contributed by atoms with Crippen molar-refractivity contribution in [1.29, 1.82) is 0 Å². The average molecular weight is 436 g/mol. The molecule has 2 heterocycles. The van der Waals surface area contributed by atoms with Crippen molar-refractivity contribution in [2.75, 3.05) is 18.4 Å². The van der Waals surface area contributed by atoms with Crippen LogP contribution in [0.3, 0.4) is 0 Å². The van der Waals surface area contributed by atoms with Crippen LogP contribution >= 0.6 is 0 Å². The molecule has 0 unspecified atom stereocenters. The topological polar surface area (TPSA) is 82.1 Å². The van der Waals surface area contributed by atoms with Gasteiger partial charge in [-0.2, -0.15) is 5.10 Å². The summed E-state index contributed by atoms with van der Waals surface area (Å²) in [6, 6.07) is 11.1. The van der Waals surface area contributed by atoms with Crippen LogP contribution in [0.25, 0.3) is 0 Å². The third-order valence-corrected chi connectivity index (χ3v) is 5.82. The first-order chi connectivity index (χ1) is 15.4. The second-order valence-electron chi connectivity index (χ2n) is 8.06. The van der Waals surface area contributed by atoms with E-state index in [-0.39, 0.29) is 42.7 Å². The first-order valence-corrected chi connectivity index (χ1v) is 10.7. The highest BCUT2D eigenvalue weighted by atomic mass is 19.1. The number of nitrogens with one attached hydrogen (secondary N) is 1. The highest BCUT2D eigenvalue weighted by Crippen LogP contribution is 2.23. The number of likely N-dealkylation sites (tertiary alicyclic amines) is 1. The van der Waals surface area contributed by atoms with Gasteiger partial charge in [0.15, 0.2) is 0 Å². The number of nitrogens with zero attached hydrogens (tertiary/aromatic N) is 3. The Bertz CT molecular complexity index is 1080. The van der Waals surface area contributed by atoms with Crippen LogP contribution in [0.5, 0.6) is 0 Å². The molecule has 1 fully saturated rings. The van der Waals surface area contributed by atoms with E-state index in [1.807, 2.05) is 11.8 Å². The molecule has 7 nitrogen and oxygen atoms in total. The number of rotatable bonds is 5. The molecule has 2 aromatic carbocycles. The Morgan fingerprint density at radius 2 is 1.78 bits per heavy atom. The van der Waals surface area contributed by atoms with Crippen LogP contribution in [0.2, 0.25) is 0 Å². The molecule has 3 amide bonds. The number of carbonyl (C=O) groups excluding carboxylic acids is 3. The molecule has 32 heavy (non-hydrogen) atoms. The molecule has 2 aliphatic rings. The molecule has 2 aliphatic heterocycles. The molecule has 8 heteroatoms. The number of hydrazone groups is 1. The maximum absolute atomic E-state index is 13.1. The Kier molecular flexibility index (Phi) is 6.30. The summed E-state index contributed by atoms with van der Waals surface area (Å²) in [6.07, 6.45) is 2.41. The van der Waals surface area contributed by atoms with Gasteiger partial charge in [-0.05, 0) is 55.2 Å². The van der Waals surface area contributed by atoms with Crippen LogP contribution in [-0.4, -0.2) is 46.4 Å². The van der Waals surface area contributed by atoms with Crippen LogP contribution in [-0.2, 0) is 16.1 Å². The fourth-order valence-electron chi connectivity index (χ4n) is 3.94. The molecule has 0 bridgehead atoms. The normalized spacial score (nSPS) is 16.2. The first kappa shape index (κ1) is 21.7. The number of anilines is 1.